The van der Waals surface area contributed by atoms with Crippen molar-refractivity contribution in [1.82, 2.24) is 0 Å². The van der Waals surface area contributed by atoms with Crippen LogP contribution in [0.25, 0.3) is 0 Å². The first-order valence-corrected chi connectivity index (χ1v) is 4.59. The second kappa shape index (κ2) is 3.92. The zero-order valence-electron chi connectivity index (χ0n) is 7.95. The van der Waals surface area contributed by atoms with Crippen LogP contribution in [-0.2, 0) is 9.53 Å². The van der Waals surface area contributed by atoms with Gasteiger partial charge < -0.3 is 9.84 Å². The zero-order valence-corrected chi connectivity index (χ0v) is 7.95. The van der Waals surface area contributed by atoms with Gasteiger partial charge in [0.25, 0.3) is 0 Å². The van der Waals surface area contributed by atoms with Gasteiger partial charge in [-0.15, -0.1) is 0 Å². The molecule has 0 aliphatic heterocycles. The monoisotopic (exact) mass is 184 g/mol. The normalized spacial score (nSPS) is 33.8. The van der Waals surface area contributed by atoms with Gasteiger partial charge in [0.1, 0.15) is 6.10 Å². The molecule has 3 heteroatoms. The summed E-state index contributed by atoms with van der Waals surface area (Å²) < 4.78 is 5.07. The van der Waals surface area contributed by atoms with Gasteiger partial charge >= 0.3 is 5.97 Å². The Morgan fingerprint density at radius 1 is 1.62 bits per heavy atom. The third-order valence-electron chi connectivity index (χ3n) is 2.46. The molecule has 0 amide bonds. The number of ether oxygens (including phenoxy) is 1. The molecule has 1 saturated carbocycles. The molecule has 1 N–H and O–H groups in total. The van der Waals surface area contributed by atoms with Crippen molar-refractivity contribution in [3.8, 4) is 0 Å². The van der Waals surface area contributed by atoms with Crippen LogP contribution in [0.1, 0.15) is 32.6 Å². The number of carbonyl (C=O) groups excluding carboxylic acids is 1. The second-order valence-corrected chi connectivity index (χ2v) is 3.84. The van der Waals surface area contributed by atoms with Crippen LogP contribution in [0.3, 0.4) is 0 Å². The van der Waals surface area contributed by atoms with Gasteiger partial charge in [0, 0.05) is 6.08 Å². The van der Waals surface area contributed by atoms with Crippen LogP contribution in [-0.4, -0.2) is 22.8 Å². The molecule has 1 fully saturated rings. The molecule has 74 valence electrons. The zero-order chi connectivity index (χ0) is 9.90. The van der Waals surface area contributed by atoms with Crippen LogP contribution in [0, 0.1) is 0 Å². The molecular formula is C10H16O3. The minimum Gasteiger partial charge on any atom is -0.459 e. The van der Waals surface area contributed by atoms with E-state index >= 15 is 0 Å². The smallest absolute Gasteiger partial charge is 0.330 e. The first kappa shape index (κ1) is 10.3. The van der Waals surface area contributed by atoms with E-state index in [2.05, 4.69) is 6.58 Å². The van der Waals surface area contributed by atoms with Crippen molar-refractivity contribution in [2.24, 2.45) is 0 Å². The lowest BCUT2D eigenvalue weighted by atomic mass is 9.85. The Balaban J connectivity index is 2.33. The molecule has 0 radical (unpaired) electrons. The van der Waals surface area contributed by atoms with Gasteiger partial charge in [0.15, 0.2) is 0 Å². The first-order chi connectivity index (χ1) is 6.03. The molecule has 0 bridgehead atoms. The fraction of sp³-hybridized carbons (Fsp3) is 0.700. The average Bonchev–Trinajstić information content (AvgIpc) is 2.08. The molecule has 0 aromatic rings. The van der Waals surface area contributed by atoms with E-state index in [1.54, 1.807) is 0 Å². The van der Waals surface area contributed by atoms with E-state index in [0.29, 0.717) is 12.8 Å². The molecule has 0 spiro atoms. The van der Waals surface area contributed by atoms with E-state index in [-0.39, 0.29) is 12.1 Å². The summed E-state index contributed by atoms with van der Waals surface area (Å²) in [5.74, 6) is -0.369. The summed E-state index contributed by atoms with van der Waals surface area (Å²) in [6.45, 7) is 5.15. The molecule has 1 aliphatic carbocycles. The Morgan fingerprint density at radius 3 is 2.62 bits per heavy atom. The summed E-state index contributed by atoms with van der Waals surface area (Å²) in [7, 11) is 0. The Kier molecular flexibility index (Phi) is 3.09. The molecule has 3 nitrogen and oxygen atoms in total. The van der Waals surface area contributed by atoms with Gasteiger partial charge in [0.2, 0.25) is 0 Å². The minimum absolute atomic E-state index is 0.0364. The van der Waals surface area contributed by atoms with Crippen molar-refractivity contribution >= 4 is 5.97 Å². The highest BCUT2D eigenvalue weighted by atomic mass is 16.5. The average molecular weight is 184 g/mol. The molecule has 0 heterocycles. The molecule has 0 aromatic heterocycles. The number of hydrogen-bond acceptors (Lipinski definition) is 3. The highest BCUT2D eigenvalue weighted by molar-refractivity contribution is 5.81. The summed E-state index contributed by atoms with van der Waals surface area (Å²) >= 11 is 0. The maximum absolute atomic E-state index is 10.8. The van der Waals surface area contributed by atoms with Crippen molar-refractivity contribution in [2.45, 2.75) is 44.3 Å². The van der Waals surface area contributed by atoms with E-state index in [4.69, 9.17) is 4.74 Å². The standard InChI is InChI=1S/C10H16O3/c1-3-9(11)13-8-4-6-10(2,12)7-5-8/h3,8,12H,1,4-7H2,2H3. The van der Waals surface area contributed by atoms with Crippen molar-refractivity contribution in [3.05, 3.63) is 12.7 Å². The molecule has 1 rings (SSSR count). The van der Waals surface area contributed by atoms with Crippen LogP contribution < -0.4 is 0 Å². The second-order valence-electron chi connectivity index (χ2n) is 3.84. The Morgan fingerprint density at radius 2 is 2.15 bits per heavy atom. The number of hydrogen-bond donors (Lipinski definition) is 1. The molecule has 0 unspecified atom stereocenters. The number of esters is 1. The van der Waals surface area contributed by atoms with Crippen LogP contribution in [0.4, 0.5) is 0 Å². The highest BCUT2D eigenvalue weighted by Gasteiger charge is 2.29. The Bertz CT molecular complexity index is 198. The topological polar surface area (TPSA) is 46.5 Å². The van der Waals surface area contributed by atoms with Crippen LogP contribution in [0.2, 0.25) is 0 Å². The quantitative estimate of drug-likeness (QED) is 0.521. The van der Waals surface area contributed by atoms with Gasteiger partial charge in [-0.3, -0.25) is 0 Å². The van der Waals surface area contributed by atoms with E-state index < -0.39 is 5.60 Å². The van der Waals surface area contributed by atoms with Crippen molar-refractivity contribution < 1.29 is 14.6 Å². The predicted molar refractivity (Wildman–Crippen MR) is 49.2 cm³/mol. The van der Waals surface area contributed by atoms with Gasteiger partial charge in [-0.05, 0) is 32.6 Å². The lowest BCUT2D eigenvalue weighted by Gasteiger charge is -2.32. The van der Waals surface area contributed by atoms with E-state index in [0.717, 1.165) is 12.8 Å². The van der Waals surface area contributed by atoms with Crippen molar-refractivity contribution in [3.63, 3.8) is 0 Å². The maximum Gasteiger partial charge on any atom is 0.330 e. The molecule has 0 atom stereocenters. The summed E-state index contributed by atoms with van der Waals surface area (Å²) in [5, 5.41) is 9.62. The van der Waals surface area contributed by atoms with Gasteiger partial charge in [-0.25, -0.2) is 4.79 Å². The van der Waals surface area contributed by atoms with E-state index in [1.165, 1.54) is 6.08 Å². The first-order valence-electron chi connectivity index (χ1n) is 4.59. The Hall–Kier alpha value is -0.830. The van der Waals surface area contributed by atoms with E-state index in [9.17, 15) is 9.90 Å². The lowest BCUT2D eigenvalue weighted by molar-refractivity contribution is -0.147. The van der Waals surface area contributed by atoms with Gasteiger partial charge in [0.05, 0.1) is 5.60 Å². The summed E-state index contributed by atoms with van der Waals surface area (Å²) in [6, 6.07) is 0. The fourth-order valence-electron chi connectivity index (χ4n) is 1.54. The third-order valence-corrected chi connectivity index (χ3v) is 2.46. The fourth-order valence-corrected chi connectivity index (χ4v) is 1.54. The summed E-state index contributed by atoms with van der Waals surface area (Å²) in [4.78, 5) is 10.8. The van der Waals surface area contributed by atoms with Crippen LogP contribution in [0.5, 0.6) is 0 Å². The van der Waals surface area contributed by atoms with E-state index in [1.807, 2.05) is 6.92 Å². The summed E-state index contributed by atoms with van der Waals surface area (Å²) in [5.41, 5.74) is -0.572. The van der Waals surface area contributed by atoms with Crippen LogP contribution in [0.15, 0.2) is 12.7 Å². The Labute approximate surface area is 78.4 Å². The third kappa shape index (κ3) is 3.19. The van der Waals surface area contributed by atoms with Crippen LogP contribution >= 0.6 is 0 Å². The van der Waals surface area contributed by atoms with Gasteiger partial charge in [-0.1, -0.05) is 6.58 Å². The molecular weight excluding hydrogens is 168 g/mol. The largest absolute Gasteiger partial charge is 0.459 e. The SMILES string of the molecule is C=CC(=O)OC1CCC(C)(O)CC1. The number of rotatable bonds is 2. The molecule has 13 heavy (non-hydrogen) atoms. The minimum atomic E-state index is -0.572. The summed E-state index contributed by atoms with van der Waals surface area (Å²) in [6.07, 6.45) is 4.02. The maximum atomic E-state index is 10.8. The molecule has 0 saturated heterocycles. The number of aliphatic hydroxyl groups is 1. The van der Waals surface area contributed by atoms with Crippen molar-refractivity contribution in [2.75, 3.05) is 0 Å². The van der Waals surface area contributed by atoms with Crippen molar-refractivity contribution in [1.29, 1.82) is 0 Å². The predicted octanol–water partition coefficient (Wildman–Crippen LogP) is 1.41. The van der Waals surface area contributed by atoms with Gasteiger partial charge in [-0.2, -0.15) is 0 Å². The molecule has 1 aliphatic rings. The highest BCUT2D eigenvalue weighted by Crippen LogP contribution is 2.29. The lowest BCUT2D eigenvalue weighted by Crippen LogP contribution is -2.34. The number of carbonyl (C=O) groups is 1. The molecule has 0 aromatic carbocycles.